The number of hydrogen-bond acceptors (Lipinski definition) is 2. The molecule has 1 rings (SSSR count). The minimum absolute atomic E-state index is 0.329. The van der Waals surface area contributed by atoms with Crippen molar-refractivity contribution in [3.63, 3.8) is 0 Å². The van der Waals surface area contributed by atoms with Crippen molar-refractivity contribution in [2.45, 2.75) is 6.54 Å². The fourth-order valence-corrected chi connectivity index (χ4v) is 0.847. The van der Waals surface area contributed by atoms with Crippen LogP contribution in [0.5, 0.6) is 0 Å². The number of halogens is 2. The molecule has 2 nitrogen and oxygen atoms in total. The fourth-order valence-electron chi connectivity index (χ4n) is 0.847. The Bertz CT molecular complexity index is 287. The first-order valence-corrected chi connectivity index (χ1v) is 4.10. The van der Waals surface area contributed by atoms with Crippen molar-refractivity contribution in [2.75, 3.05) is 7.05 Å². The van der Waals surface area contributed by atoms with Gasteiger partial charge >= 0.3 is 0 Å². The SMILES string of the molecule is C=CNCc1ccc(F)cc1F.CN. The van der Waals surface area contributed by atoms with Crippen LogP contribution in [0.4, 0.5) is 8.78 Å². The summed E-state index contributed by atoms with van der Waals surface area (Å²) in [6.07, 6.45) is 1.46. The van der Waals surface area contributed by atoms with E-state index in [9.17, 15) is 8.78 Å². The third-order valence-corrected chi connectivity index (χ3v) is 1.45. The van der Waals surface area contributed by atoms with Crippen molar-refractivity contribution in [1.29, 1.82) is 0 Å². The Balaban J connectivity index is 0.000000791. The van der Waals surface area contributed by atoms with Gasteiger partial charge in [-0.3, -0.25) is 0 Å². The molecule has 0 aromatic heterocycles. The molecule has 0 heterocycles. The molecule has 0 aliphatic rings. The molecule has 0 atom stereocenters. The van der Waals surface area contributed by atoms with E-state index in [0.717, 1.165) is 6.07 Å². The maximum absolute atomic E-state index is 12.9. The molecule has 3 N–H and O–H groups in total. The van der Waals surface area contributed by atoms with Gasteiger partial charge in [-0.1, -0.05) is 12.6 Å². The van der Waals surface area contributed by atoms with E-state index in [4.69, 9.17) is 0 Å². The number of rotatable bonds is 3. The molecule has 4 heteroatoms. The molecular formula is C10H14F2N2. The number of nitrogens with two attached hydrogens (primary N) is 1. The van der Waals surface area contributed by atoms with Gasteiger partial charge in [0.2, 0.25) is 0 Å². The third-order valence-electron chi connectivity index (χ3n) is 1.45. The van der Waals surface area contributed by atoms with E-state index in [1.165, 1.54) is 25.4 Å². The van der Waals surface area contributed by atoms with Gasteiger partial charge in [0.1, 0.15) is 11.6 Å². The molecular weight excluding hydrogens is 186 g/mol. The third kappa shape index (κ3) is 4.00. The second-order valence-corrected chi connectivity index (χ2v) is 2.32. The van der Waals surface area contributed by atoms with E-state index in [1.54, 1.807) is 0 Å². The van der Waals surface area contributed by atoms with Crippen molar-refractivity contribution in [3.05, 3.63) is 48.2 Å². The number of nitrogens with one attached hydrogen (secondary N) is 1. The van der Waals surface area contributed by atoms with Crippen molar-refractivity contribution < 1.29 is 8.78 Å². The summed E-state index contributed by atoms with van der Waals surface area (Å²) in [4.78, 5) is 0. The van der Waals surface area contributed by atoms with E-state index >= 15 is 0 Å². The van der Waals surface area contributed by atoms with Gasteiger partial charge in [0, 0.05) is 18.2 Å². The van der Waals surface area contributed by atoms with E-state index < -0.39 is 11.6 Å². The van der Waals surface area contributed by atoms with Gasteiger partial charge in [0.25, 0.3) is 0 Å². The van der Waals surface area contributed by atoms with Crippen LogP contribution in [0.2, 0.25) is 0 Å². The Hall–Kier alpha value is -1.42. The smallest absolute Gasteiger partial charge is 0.131 e. The molecule has 0 unspecified atom stereocenters. The Kier molecular flexibility index (Phi) is 6.32. The summed E-state index contributed by atoms with van der Waals surface area (Å²) in [6, 6.07) is 3.49. The summed E-state index contributed by atoms with van der Waals surface area (Å²) in [5, 5.41) is 2.73. The molecule has 1 aromatic rings. The largest absolute Gasteiger partial charge is 0.387 e. The summed E-state index contributed by atoms with van der Waals surface area (Å²) in [5.74, 6) is -1.10. The lowest BCUT2D eigenvalue weighted by atomic mass is 10.2. The van der Waals surface area contributed by atoms with E-state index in [1.807, 2.05) is 0 Å². The highest BCUT2D eigenvalue weighted by atomic mass is 19.1. The Labute approximate surface area is 82.4 Å². The Morgan fingerprint density at radius 1 is 1.43 bits per heavy atom. The molecule has 0 aliphatic heterocycles. The Morgan fingerprint density at radius 3 is 2.57 bits per heavy atom. The van der Waals surface area contributed by atoms with Crippen LogP contribution < -0.4 is 11.1 Å². The highest BCUT2D eigenvalue weighted by Gasteiger charge is 2.01. The van der Waals surface area contributed by atoms with Crippen LogP contribution in [0.3, 0.4) is 0 Å². The van der Waals surface area contributed by atoms with Crippen LogP contribution in [0.15, 0.2) is 31.0 Å². The average molecular weight is 200 g/mol. The van der Waals surface area contributed by atoms with Gasteiger partial charge < -0.3 is 11.1 Å². The Morgan fingerprint density at radius 2 is 2.07 bits per heavy atom. The van der Waals surface area contributed by atoms with Crippen LogP contribution in [0.25, 0.3) is 0 Å². The molecule has 0 radical (unpaired) electrons. The van der Waals surface area contributed by atoms with Gasteiger partial charge in [-0.05, 0) is 19.3 Å². The first-order chi connectivity index (χ1) is 6.74. The van der Waals surface area contributed by atoms with Crippen LogP contribution in [-0.2, 0) is 6.54 Å². The van der Waals surface area contributed by atoms with Gasteiger partial charge in [0.05, 0.1) is 0 Å². The summed E-state index contributed by atoms with van der Waals surface area (Å²) in [5.41, 5.74) is 4.93. The van der Waals surface area contributed by atoms with E-state index in [2.05, 4.69) is 17.6 Å². The van der Waals surface area contributed by atoms with Gasteiger partial charge in [-0.25, -0.2) is 8.78 Å². The molecule has 0 amide bonds. The molecule has 1 aromatic carbocycles. The predicted octanol–water partition coefficient (Wildman–Crippen LogP) is 1.77. The lowest BCUT2D eigenvalue weighted by molar-refractivity contribution is 0.569. The van der Waals surface area contributed by atoms with Crippen LogP contribution in [0.1, 0.15) is 5.56 Å². The molecule has 0 saturated heterocycles. The number of benzene rings is 1. The second kappa shape index (κ2) is 7.03. The normalized spacial score (nSPS) is 8.57. The lowest BCUT2D eigenvalue weighted by Crippen LogP contribution is -2.05. The molecule has 14 heavy (non-hydrogen) atoms. The summed E-state index contributed by atoms with van der Waals surface area (Å²) >= 11 is 0. The van der Waals surface area contributed by atoms with E-state index in [0.29, 0.717) is 12.1 Å². The van der Waals surface area contributed by atoms with Crippen molar-refractivity contribution >= 4 is 0 Å². The first kappa shape index (κ1) is 12.6. The zero-order valence-corrected chi connectivity index (χ0v) is 8.06. The zero-order valence-electron chi connectivity index (χ0n) is 8.06. The highest BCUT2D eigenvalue weighted by Crippen LogP contribution is 2.08. The number of hydrogen-bond donors (Lipinski definition) is 2. The minimum Gasteiger partial charge on any atom is -0.387 e. The van der Waals surface area contributed by atoms with Crippen molar-refractivity contribution in [1.82, 2.24) is 5.32 Å². The van der Waals surface area contributed by atoms with Crippen LogP contribution in [-0.4, -0.2) is 7.05 Å². The maximum atomic E-state index is 12.9. The molecule has 78 valence electrons. The van der Waals surface area contributed by atoms with Gasteiger partial charge in [-0.15, -0.1) is 0 Å². The standard InChI is InChI=1S/C9H9F2N.CH5N/c1-2-12-6-7-3-4-8(10)5-9(7)11;1-2/h2-5,12H,1,6H2;2H2,1H3. The van der Waals surface area contributed by atoms with Crippen LogP contribution >= 0.6 is 0 Å². The van der Waals surface area contributed by atoms with E-state index in [-0.39, 0.29) is 0 Å². The minimum atomic E-state index is -0.560. The summed E-state index contributed by atoms with van der Waals surface area (Å²) in [7, 11) is 1.50. The molecule has 0 aliphatic carbocycles. The zero-order chi connectivity index (χ0) is 11.0. The molecule has 0 saturated carbocycles. The topological polar surface area (TPSA) is 38.0 Å². The fraction of sp³-hybridized carbons (Fsp3) is 0.200. The molecule has 0 bridgehead atoms. The summed E-state index contributed by atoms with van der Waals surface area (Å²) in [6.45, 7) is 3.74. The van der Waals surface area contributed by atoms with Crippen molar-refractivity contribution in [3.8, 4) is 0 Å². The highest BCUT2D eigenvalue weighted by molar-refractivity contribution is 5.18. The molecule has 0 spiro atoms. The van der Waals surface area contributed by atoms with Crippen LogP contribution in [0, 0.1) is 11.6 Å². The molecule has 0 fully saturated rings. The second-order valence-electron chi connectivity index (χ2n) is 2.32. The van der Waals surface area contributed by atoms with Gasteiger partial charge in [-0.2, -0.15) is 0 Å². The lowest BCUT2D eigenvalue weighted by Gasteiger charge is -2.01. The monoisotopic (exact) mass is 200 g/mol. The first-order valence-electron chi connectivity index (χ1n) is 4.10. The van der Waals surface area contributed by atoms with Crippen molar-refractivity contribution in [2.24, 2.45) is 5.73 Å². The average Bonchev–Trinajstić information content (AvgIpc) is 2.20. The maximum Gasteiger partial charge on any atom is 0.131 e. The predicted molar refractivity (Wildman–Crippen MR) is 53.5 cm³/mol. The van der Waals surface area contributed by atoms with Gasteiger partial charge in [0.15, 0.2) is 0 Å². The summed E-state index contributed by atoms with van der Waals surface area (Å²) < 4.78 is 25.2. The quantitative estimate of drug-likeness (QED) is 0.780.